The highest BCUT2D eigenvalue weighted by Gasteiger charge is 2.59. The van der Waals surface area contributed by atoms with Crippen LogP contribution >= 0.6 is 11.8 Å². The number of thioether (sulfide) groups is 1. The van der Waals surface area contributed by atoms with Crippen molar-refractivity contribution in [2.45, 2.75) is 25.3 Å². The second-order valence-electron chi connectivity index (χ2n) is 8.34. The van der Waals surface area contributed by atoms with Crippen LogP contribution in [0, 0.1) is 13.8 Å². The van der Waals surface area contributed by atoms with Gasteiger partial charge < -0.3 is 10.2 Å². The van der Waals surface area contributed by atoms with Crippen LogP contribution in [-0.4, -0.2) is 29.1 Å². The van der Waals surface area contributed by atoms with E-state index in [4.69, 9.17) is 0 Å². The molecule has 1 saturated heterocycles. The van der Waals surface area contributed by atoms with Gasteiger partial charge in [-0.3, -0.25) is 9.69 Å². The Kier molecular flexibility index (Phi) is 5.18. The molecule has 162 valence electrons. The number of benzene rings is 3. The molecule has 0 aliphatic carbocycles. The number of hydrogen-bond acceptors (Lipinski definition) is 3. The Balaban J connectivity index is 1.53. The van der Waals surface area contributed by atoms with Crippen molar-refractivity contribution >= 4 is 35.1 Å². The van der Waals surface area contributed by atoms with Gasteiger partial charge in [0, 0.05) is 23.5 Å². The minimum absolute atomic E-state index is 0.0523. The largest absolute Gasteiger partial charge is 0.323 e. The Labute approximate surface area is 192 Å². The molecule has 32 heavy (non-hydrogen) atoms. The molecule has 3 aromatic rings. The summed E-state index contributed by atoms with van der Waals surface area (Å²) in [6.45, 7) is 5.02. The number of nitrogens with zero attached hydrogens (tertiary/aromatic N) is 2. The van der Waals surface area contributed by atoms with Gasteiger partial charge in [0.05, 0.1) is 12.2 Å². The van der Waals surface area contributed by atoms with Crippen LogP contribution in [0.15, 0.2) is 72.8 Å². The molecular weight excluding hydrogens is 418 g/mol. The van der Waals surface area contributed by atoms with Crippen LogP contribution in [0.25, 0.3) is 0 Å². The van der Waals surface area contributed by atoms with Crippen LogP contribution in [-0.2, 0) is 16.2 Å². The van der Waals surface area contributed by atoms with Crippen molar-refractivity contribution in [3.8, 4) is 0 Å². The van der Waals surface area contributed by atoms with Gasteiger partial charge in [0.25, 0.3) is 5.91 Å². The van der Waals surface area contributed by atoms with E-state index in [2.05, 4.69) is 11.4 Å². The van der Waals surface area contributed by atoms with E-state index in [1.807, 2.05) is 85.5 Å². The summed E-state index contributed by atoms with van der Waals surface area (Å²) < 4.78 is 0. The highest BCUT2D eigenvalue weighted by molar-refractivity contribution is 8.01. The van der Waals surface area contributed by atoms with Gasteiger partial charge in [-0.2, -0.15) is 0 Å². The maximum Gasteiger partial charge on any atom is 0.323 e. The maximum atomic E-state index is 14.0. The number of rotatable bonds is 3. The molecule has 2 aliphatic heterocycles. The Hall–Kier alpha value is -3.25. The maximum absolute atomic E-state index is 14.0. The average molecular weight is 444 g/mol. The number of aryl methyl sites for hydroxylation is 2. The molecule has 2 aliphatic rings. The van der Waals surface area contributed by atoms with Gasteiger partial charge in [-0.1, -0.05) is 65.7 Å². The molecule has 3 aromatic carbocycles. The topological polar surface area (TPSA) is 52.7 Å². The zero-order chi connectivity index (χ0) is 22.3. The molecule has 1 N–H and O–H groups in total. The minimum atomic E-state index is -1.04. The molecule has 0 saturated carbocycles. The highest BCUT2D eigenvalue weighted by Crippen LogP contribution is 2.54. The summed E-state index contributed by atoms with van der Waals surface area (Å²) in [6.07, 6.45) is 0. The second kappa shape index (κ2) is 8.02. The van der Waals surface area contributed by atoms with Crippen molar-refractivity contribution in [2.24, 2.45) is 0 Å². The van der Waals surface area contributed by atoms with Crippen molar-refractivity contribution in [1.82, 2.24) is 4.90 Å². The van der Waals surface area contributed by atoms with E-state index < -0.39 is 4.87 Å². The molecule has 5 rings (SSSR count). The molecule has 0 aromatic heterocycles. The lowest BCUT2D eigenvalue weighted by Gasteiger charge is -2.33. The Morgan fingerprint density at radius 2 is 1.72 bits per heavy atom. The third-order valence-electron chi connectivity index (χ3n) is 6.08. The van der Waals surface area contributed by atoms with Gasteiger partial charge in [0.15, 0.2) is 4.87 Å². The molecule has 1 fully saturated rings. The quantitative estimate of drug-likeness (QED) is 0.599. The van der Waals surface area contributed by atoms with Crippen LogP contribution in [0.5, 0.6) is 0 Å². The van der Waals surface area contributed by atoms with Crippen LogP contribution < -0.4 is 10.2 Å². The first-order valence-corrected chi connectivity index (χ1v) is 11.7. The first-order valence-electron chi connectivity index (χ1n) is 10.8. The molecule has 0 bridgehead atoms. The predicted octanol–water partition coefficient (Wildman–Crippen LogP) is 5.28. The number of carbonyl (C=O) groups excluding carboxylic acids is 2. The Morgan fingerprint density at radius 1 is 1.00 bits per heavy atom. The fourth-order valence-corrected chi connectivity index (χ4v) is 5.93. The molecule has 5 nitrogen and oxygen atoms in total. The smallest absolute Gasteiger partial charge is 0.308 e. The molecule has 3 amide bonds. The summed E-state index contributed by atoms with van der Waals surface area (Å²) in [5.74, 6) is 0.656. The van der Waals surface area contributed by atoms with E-state index in [1.165, 1.54) is 0 Å². The summed E-state index contributed by atoms with van der Waals surface area (Å²) in [7, 11) is 0. The lowest BCUT2D eigenvalue weighted by Crippen LogP contribution is -2.51. The molecular formula is C26H25N3O2S. The van der Waals surface area contributed by atoms with Crippen molar-refractivity contribution < 1.29 is 9.59 Å². The molecule has 0 unspecified atom stereocenters. The number of urea groups is 1. The normalized spacial score (nSPS) is 19.5. The first kappa shape index (κ1) is 20.6. The average Bonchev–Trinajstić information content (AvgIpc) is 3.33. The Bertz CT molecular complexity index is 1180. The number of amides is 3. The highest BCUT2D eigenvalue weighted by atomic mass is 32.2. The molecule has 0 radical (unpaired) electrons. The molecule has 1 atom stereocenters. The number of fused-ring (bicyclic) bond motifs is 2. The van der Waals surface area contributed by atoms with Gasteiger partial charge in [-0.25, -0.2) is 4.79 Å². The predicted molar refractivity (Wildman–Crippen MR) is 130 cm³/mol. The van der Waals surface area contributed by atoms with E-state index >= 15 is 0 Å². The summed E-state index contributed by atoms with van der Waals surface area (Å²) in [5.41, 5.74) is 5.77. The van der Waals surface area contributed by atoms with Gasteiger partial charge >= 0.3 is 6.03 Å². The molecule has 1 spiro atoms. The van der Waals surface area contributed by atoms with E-state index in [9.17, 15) is 9.59 Å². The zero-order valence-corrected chi connectivity index (χ0v) is 19.0. The number of hydrogen-bond donors (Lipinski definition) is 1. The standard InChI is InChI=1S/C26H25N3O2S/c1-18-8-11-21(12-9-18)27-25(31)29-14-15-32-26(29)22-16-19(2)10-13-23(22)28(24(26)30)17-20-6-4-3-5-7-20/h3-13,16H,14-15,17H2,1-2H3,(H,27,31)/t26-/m1/s1. The van der Waals surface area contributed by atoms with Crippen LogP contribution in [0.2, 0.25) is 0 Å². The van der Waals surface area contributed by atoms with Crippen LogP contribution in [0.3, 0.4) is 0 Å². The second-order valence-corrected chi connectivity index (χ2v) is 9.63. The summed E-state index contributed by atoms with van der Waals surface area (Å²) in [6, 6.07) is 23.5. The van der Waals surface area contributed by atoms with Crippen molar-refractivity contribution in [1.29, 1.82) is 0 Å². The third kappa shape index (κ3) is 3.35. The fourth-order valence-electron chi connectivity index (χ4n) is 4.48. The van der Waals surface area contributed by atoms with Gasteiger partial charge in [0.1, 0.15) is 0 Å². The number of anilines is 2. The van der Waals surface area contributed by atoms with Crippen LogP contribution in [0.4, 0.5) is 16.2 Å². The molecule has 6 heteroatoms. The monoisotopic (exact) mass is 443 g/mol. The van der Waals surface area contributed by atoms with Gasteiger partial charge in [-0.15, -0.1) is 11.8 Å². The Morgan fingerprint density at radius 3 is 2.47 bits per heavy atom. The third-order valence-corrected chi connectivity index (χ3v) is 7.50. The van der Waals surface area contributed by atoms with Crippen molar-refractivity contribution in [3.63, 3.8) is 0 Å². The van der Waals surface area contributed by atoms with Crippen molar-refractivity contribution in [3.05, 3.63) is 95.1 Å². The first-order chi connectivity index (χ1) is 15.5. The van der Waals surface area contributed by atoms with Crippen molar-refractivity contribution in [2.75, 3.05) is 22.5 Å². The minimum Gasteiger partial charge on any atom is -0.308 e. The van der Waals surface area contributed by atoms with Gasteiger partial charge in [-0.05, 0) is 37.6 Å². The van der Waals surface area contributed by atoms with E-state index in [0.29, 0.717) is 18.8 Å². The number of nitrogens with one attached hydrogen (secondary N) is 1. The SMILES string of the molecule is Cc1ccc(NC(=O)N2CCS[C@]23C(=O)N(Cc2ccccc2)c2ccc(C)cc23)cc1. The number of carbonyl (C=O) groups is 2. The molecule has 2 heterocycles. The van der Waals surface area contributed by atoms with Gasteiger partial charge in [0.2, 0.25) is 0 Å². The fraction of sp³-hybridized carbons (Fsp3) is 0.231. The lowest BCUT2D eigenvalue weighted by atomic mass is 10.0. The zero-order valence-electron chi connectivity index (χ0n) is 18.2. The lowest BCUT2D eigenvalue weighted by molar-refractivity contribution is -0.123. The van der Waals surface area contributed by atoms with Crippen LogP contribution in [0.1, 0.15) is 22.3 Å². The summed E-state index contributed by atoms with van der Waals surface area (Å²) in [5, 5.41) is 3.00. The summed E-state index contributed by atoms with van der Waals surface area (Å²) in [4.78, 5) is 29.9. The van der Waals surface area contributed by atoms with E-state index in [-0.39, 0.29) is 11.9 Å². The van der Waals surface area contributed by atoms with E-state index in [1.54, 1.807) is 16.7 Å². The van der Waals surface area contributed by atoms with E-state index in [0.717, 1.165) is 33.6 Å². The summed E-state index contributed by atoms with van der Waals surface area (Å²) >= 11 is 1.55.